The molecule has 0 radical (unpaired) electrons. The lowest BCUT2D eigenvalue weighted by atomic mass is 10.1. The SMILES string of the molecule is Cn1cnc2cc(-c3nc(C4CCCC4)nn3CC(F)(F)F)ccc2c1=O. The monoisotopic (exact) mass is 377 g/mol. The summed E-state index contributed by atoms with van der Waals surface area (Å²) in [6.45, 7) is -1.20. The number of halogens is 3. The Morgan fingerprint density at radius 3 is 2.67 bits per heavy atom. The van der Waals surface area contributed by atoms with Crippen molar-refractivity contribution < 1.29 is 13.2 Å². The number of nitrogens with zero attached hydrogens (tertiary/aromatic N) is 5. The maximum absolute atomic E-state index is 13.0. The topological polar surface area (TPSA) is 65.6 Å². The number of alkyl halides is 3. The number of hydrogen-bond acceptors (Lipinski definition) is 4. The minimum Gasteiger partial charge on any atom is -0.302 e. The van der Waals surface area contributed by atoms with Crippen LogP contribution in [0.25, 0.3) is 22.3 Å². The second-order valence-electron chi connectivity index (χ2n) is 6.94. The fraction of sp³-hybridized carbons (Fsp3) is 0.444. The van der Waals surface area contributed by atoms with Gasteiger partial charge in [0, 0.05) is 18.5 Å². The van der Waals surface area contributed by atoms with Crippen LogP contribution in [0.2, 0.25) is 0 Å². The molecule has 0 unspecified atom stereocenters. The van der Waals surface area contributed by atoms with Crippen LogP contribution in [0.3, 0.4) is 0 Å². The molecule has 9 heteroatoms. The summed E-state index contributed by atoms with van der Waals surface area (Å²) in [7, 11) is 1.59. The van der Waals surface area contributed by atoms with Gasteiger partial charge in [-0.2, -0.15) is 18.3 Å². The third-order valence-corrected chi connectivity index (χ3v) is 4.91. The average molecular weight is 377 g/mol. The van der Waals surface area contributed by atoms with Gasteiger partial charge in [-0.15, -0.1) is 0 Å². The largest absolute Gasteiger partial charge is 0.408 e. The molecule has 0 aliphatic heterocycles. The number of aromatic nitrogens is 5. The van der Waals surface area contributed by atoms with Crippen molar-refractivity contribution in [1.82, 2.24) is 24.3 Å². The van der Waals surface area contributed by atoms with E-state index in [-0.39, 0.29) is 17.3 Å². The minimum atomic E-state index is -4.40. The number of benzene rings is 1. The standard InChI is InChI=1S/C18H18F3N5O/c1-25-10-22-14-8-12(6-7-13(14)17(25)27)16-23-15(11-4-2-3-5-11)24-26(16)9-18(19,20)21/h6-8,10-11H,2-5,9H2,1H3. The summed E-state index contributed by atoms with van der Waals surface area (Å²) >= 11 is 0. The van der Waals surface area contributed by atoms with Crippen LogP contribution in [0.15, 0.2) is 29.3 Å². The third-order valence-electron chi connectivity index (χ3n) is 4.91. The molecule has 142 valence electrons. The lowest BCUT2D eigenvalue weighted by Crippen LogP contribution is -2.20. The van der Waals surface area contributed by atoms with Gasteiger partial charge in [-0.25, -0.2) is 14.6 Å². The molecule has 0 spiro atoms. The Bertz CT molecular complexity index is 1050. The molecule has 2 aromatic heterocycles. The molecule has 1 saturated carbocycles. The Labute approximate surface area is 152 Å². The molecular weight excluding hydrogens is 359 g/mol. The zero-order chi connectivity index (χ0) is 19.2. The molecule has 0 amide bonds. The van der Waals surface area contributed by atoms with Gasteiger partial charge in [0.05, 0.1) is 17.2 Å². The highest BCUT2D eigenvalue weighted by molar-refractivity contribution is 5.82. The molecular formula is C18H18F3N5O. The summed E-state index contributed by atoms with van der Waals surface area (Å²) in [5.41, 5.74) is 0.666. The minimum absolute atomic E-state index is 0.101. The van der Waals surface area contributed by atoms with Crippen molar-refractivity contribution in [3.8, 4) is 11.4 Å². The maximum atomic E-state index is 13.0. The van der Waals surface area contributed by atoms with E-state index in [2.05, 4.69) is 15.1 Å². The van der Waals surface area contributed by atoms with Crippen molar-refractivity contribution >= 4 is 10.9 Å². The van der Waals surface area contributed by atoms with E-state index in [9.17, 15) is 18.0 Å². The highest BCUT2D eigenvalue weighted by atomic mass is 19.4. The number of rotatable bonds is 3. The second kappa shape index (κ2) is 6.47. The molecule has 3 aromatic rings. The lowest BCUT2D eigenvalue weighted by molar-refractivity contribution is -0.142. The number of fused-ring (bicyclic) bond motifs is 1. The van der Waals surface area contributed by atoms with Crippen LogP contribution in [-0.4, -0.2) is 30.5 Å². The van der Waals surface area contributed by atoms with E-state index in [0.717, 1.165) is 30.4 Å². The number of hydrogen-bond donors (Lipinski definition) is 0. The van der Waals surface area contributed by atoms with Gasteiger partial charge in [-0.3, -0.25) is 4.79 Å². The summed E-state index contributed by atoms with van der Waals surface area (Å²) < 4.78 is 41.4. The van der Waals surface area contributed by atoms with Crippen LogP contribution in [0, 0.1) is 0 Å². The molecule has 2 heterocycles. The van der Waals surface area contributed by atoms with Crippen LogP contribution in [0.4, 0.5) is 13.2 Å². The van der Waals surface area contributed by atoms with E-state index < -0.39 is 12.7 Å². The van der Waals surface area contributed by atoms with Crippen LogP contribution in [0.1, 0.15) is 37.4 Å². The van der Waals surface area contributed by atoms with E-state index in [1.807, 2.05) is 0 Å². The molecule has 0 atom stereocenters. The van der Waals surface area contributed by atoms with Gasteiger partial charge in [0.15, 0.2) is 11.6 Å². The van der Waals surface area contributed by atoms with Crippen LogP contribution in [-0.2, 0) is 13.6 Å². The Morgan fingerprint density at radius 1 is 1.22 bits per heavy atom. The van der Waals surface area contributed by atoms with Crippen molar-refractivity contribution in [3.63, 3.8) is 0 Å². The Morgan fingerprint density at radius 2 is 1.96 bits per heavy atom. The average Bonchev–Trinajstić information content (AvgIpc) is 3.26. The summed E-state index contributed by atoms with van der Waals surface area (Å²) in [5, 5.41) is 4.57. The van der Waals surface area contributed by atoms with Crippen molar-refractivity contribution in [2.45, 2.75) is 44.3 Å². The highest BCUT2D eigenvalue weighted by Gasteiger charge is 2.32. The van der Waals surface area contributed by atoms with Crippen molar-refractivity contribution in [3.05, 3.63) is 40.7 Å². The smallest absolute Gasteiger partial charge is 0.302 e. The first-order valence-electron chi connectivity index (χ1n) is 8.79. The van der Waals surface area contributed by atoms with E-state index >= 15 is 0 Å². The van der Waals surface area contributed by atoms with Gasteiger partial charge in [0.1, 0.15) is 6.54 Å². The molecule has 1 aromatic carbocycles. The maximum Gasteiger partial charge on any atom is 0.408 e. The summed E-state index contributed by atoms with van der Waals surface area (Å²) in [5.74, 6) is 0.714. The van der Waals surface area contributed by atoms with Crippen LogP contribution >= 0.6 is 0 Å². The van der Waals surface area contributed by atoms with E-state index in [0.29, 0.717) is 22.3 Å². The molecule has 1 aliphatic rings. The molecule has 27 heavy (non-hydrogen) atoms. The zero-order valence-electron chi connectivity index (χ0n) is 14.7. The van der Waals surface area contributed by atoms with Gasteiger partial charge in [-0.05, 0) is 25.0 Å². The zero-order valence-corrected chi connectivity index (χ0v) is 14.7. The molecule has 4 rings (SSSR count). The predicted molar refractivity (Wildman–Crippen MR) is 93.3 cm³/mol. The van der Waals surface area contributed by atoms with Gasteiger partial charge < -0.3 is 4.57 Å². The second-order valence-corrected chi connectivity index (χ2v) is 6.94. The molecule has 6 nitrogen and oxygen atoms in total. The normalized spacial score (nSPS) is 15.7. The molecule has 0 N–H and O–H groups in total. The molecule has 0 saturated heterocycles. The molecule has 1 aliphatic carbocycles. The Balaban J connectivity index is 1.82. The first kappa shape index (κ1) is 17.7. The molecule has 0 bridgehead atoms. The summed E-state index contributed by atoms with van der Waals surface area (Å²) in [4.78, 5) is 20.8. The van der Waals surface area contributed by atoms with Crippen LogP contribution in [0.5, 0.6) is 0 Å². The lowest BCUT2D eigenvalue weighted by Gasteiger charge is -2.09. The van der Waals surface area contributed by atoms with E-state index in [4.69, 9.17) is 0 Å². The highest BCUT2D eigenvalue weighted by Crippen LogP contribution is 2.34. The van der Waals surface area contributed by atoms with Crippen LogP contribution < -0.4 is 5.56 Å². The van der Waals surface area contributed by atoms with Gasteiger partial charge in [-0.1, -0.05) is 18.9 Å². The summed E-state index contributed by atoms with van der Waals surface area (Å²) in [6, 6.07) is 4.76. The third kappa shape index (κ3) is 3.45. The first-order valence-corrected chi connectivity index (χ1v) is 8.79. The van der Waals surface area contributed by atoms with Gasteiger partial charge in [0.25, 0.3) is 5.56 Å². The summed E-state index contributed by atoms with van der Waals surface area (Å²) in [6.07, 6.45) is 0.850. The van der Waals surface area contributed by atoms with E-state index in [1.54, 1.807) is 25.2 Å². The number of aryl methyl sites for hydroxylation is 1. The molecule has 1 fully saturated rings. The Kier molecular flexibility index (Phi) is 4.24. The van der Waals surface area contributed by atoms with Gasteiger partial charge >= 0.3 is 6.18 Å². The fourth-order valence-electron chi connectivity index (χ4n) is 3.56. The van der Waals surface area contributed by atoms with E-state index in [1.165, 1.54) is 10.9 Å². The Hall–Kier alpha value is -2.71. The quantitative estimate of drug-likeness (QED) is 0.702. The predicted octanol–water partition coefficient (Wildman–Crippen LogP) is 3.41. The first-order chi connectivity index (χ1) is 12.8. The van der Waals surface area contributed by atoms with Crippen molar-refractivity contribution in [2.75, 3.05) is 0 Å². The van der Waals surface area contributed by atoms with Crippen molar-refractivity contribution in [1.29, 1.82) is 0 Å². The van der Waals surface area contributed by atoms with Crippen molar-refractivity contribution in [2.24, 2.45) is 7.05 Å². The fourth-order valence-corrected chi connectivity index (χ4v) is 3.56. The van der Waals surface area contributed by atoms with Gasteiger partial charge in [0.2, 0.25) is 0 Å².